The maximum absolute atomic E-state index is 13.8. The van der Waals surface area contributed by atoms with Crippen molar-refractivity contribution in [3.63, 3.8) is 0 Å². The highest BCUT2D eigenvalue weighted by Gasteiger charge is 2.26. The van der Waals surface area contributed by atoms with Crippen molar-refractivity contribution in [1.29, 1.82) is 0 Å². The van der Waals surface area contributed by atoms with Gasteiger partial charge in [-0.05, 0) is 42.4 Å². The second-order valence-corrected chi connectivity index (χ2v) is 14.5. The standard InChI is InChI=1S/C29H46F2N4O4S2/c1-6-10-35(11-7-2)41(38,39)12-9-27(37)34-25(15-21-13-22(30)16-23(31)14-21)26(36)20-32-18-24-19-33-28(40-24)17-29(4,5)8-3/h13-14,16,19,25-26,32,36H,6-12,15,17-18,20H2,1-5H3,(H,34,37)/t25-,26+/m0/s1. The van der Waals surface area contributed by atoms with E-state index >= 15 is 0 Å². The first-order valence-corrected chi connectivity index (χ1v) is 16.8. The molecule has 0 spiro atoms. The van der Waals surface area contributed by atoms with E-state index in [0.717, 1.165) is 40.9 Å². The van der Waals surface area contributed by atoms with Crippen LogP contribution in [-0.4, -0.2) is 66.3 Å². The predicted octanol–water partition coefficient (Wildman–Crippen LogP) is 4.42. The highest BCUT2D eigenvalue weighted by Crippen LogP contribution is 2.27. The van der Waals surface area contributed by atoms with Crippen LogP contribution in [0.4, 0.5) is 8.78 Å². The van der Waals surface area contributed by atoms with Crippen molar-refractivity contribution in [2.45, 2.75) is 91.8 Å². The van der Waals surface area contributed by atoms with Gasteiger partial charge in [-0.2, -0.15) is 0 Å². The van der Waals surface area contributed by atoms with Crippen LogP contribution >= 0.6 is 11.3 Å². The second-order valence-electron chi connectivity index (χ2n) is 11.2. The second kappa shape index (κ2) is 16.6. The molecule has 3 N–H and O–H groups in total. The number of aromatic nitrogens is 1. The highest BCUT2D eigenvalue weighted by molar-refractivity contribution is 7.89. The molecule has 2 atom stereocenters. The van der Waals surface area contributed by atoms with Gasteiger partial charge in [-0.3, -0.25) is 4.79 Å². The van der Waals surface area contributed by atoms with Gasteiger partial charge in [0.25, 0.3) is 0 Å². The van der Waals surface area contributed by atoms with E-state index in [1.807, 2.05) is 13.8 Å². The highest BCUT2D eigenvalue weighted by atomic mass is 32.2. The number of thiazole rings is 1. The first-order chi connectivity index (χ1) is 19.3. The van der Waals surface area contributed by atoms with E-state index in [1.165, 1.54) is 4.31 Å². The quantitative estimate of drug-likeness (QED) is 0.216. The Labute approximate surface area is 248 Å². The van der Waals surface area contributed by atoms with E-state index in [4.69, 9.17) is 0 Å². The molecule has 0 aliphatic carbocycles. The van der Waals surface area contributed by atoms with Gasteiger partial charge >= 0.3 is 0 Å². The van der Waals surface area contributed by atoms with Crippen LogP contribution < -0.4 is 10.6 Å². The fourth-order valence-electron chi connectivity index (χ4n) is 4.32. The summed E-state index contributed by atoms with van der Waals surface area (Å²) >= 11 is 1.60. The van der Waals surface area contributed by atoms with Gasteiger partial charge in [0.15, 0.2) is 0 Å². The molecule has 0 saturated heterocycles. The zero-order chi connectivity index (χ0) is 30.6. The van der Waals surface area contributed by atoms with Crippen LogP contribution in [-0.2, 0) is 34.2 Å². The van der Waals surface area contributed by atoms with E-state index in [1.54, 1.807) is 17.5 Å². The zero-order valence-electron chi connectivity index (χ0n) is 24.9. The number of sulfonamides is 1. The van der Waals surface area contributed by atoms with Crippen molar-refractivity contribution >= 4 is 27.3 Å². The fourth-order valence-corrected chi connectivity index (χ4v) is 7.09. The van der Waals surface area contributed by atoms with Crippen molar-refractivity contribution in [3.05, 3.63) is 51.5 Å². The summed E-state index contributed by atoms with van der Waals surface area (Å²) in [5.41, 5.74) is 0.423. The first kappa shape index (κ1) is 35.2. The van der Waals surface area contributed by atoms with Crippen LogP contribution in [0.2, 0.25) is 0 Å². The minimum atomic E-state index is -3.63. The molecule has 0 saturated carbocycles. The van der Waals surface area contributed by atoms with E-state index in [-0.39, 0.29) is 36.1 Å². The summed E-state index contributed by atoms with van der Waals surface area (Å²) in [6.07, 6.45) is 3.61. The van der Waals surface area contributed by atoms with Gasteiger partial charge in [0.1, 0.15) is 11.6 Å². The Morgan fingerprint density at radius 2 is 1.76 bits per heavy atom. The topological polar surface area (TPSA) is 112 Å². The molecule has 232 valence electrons. The Balaban J connectivity index is 2.05. The molecular formula is C29H46F2N4O4S2. The number of benzene rings is 1. The lowest BCUT2D eigenvalue weighted by Crippen LogP contribution is -2.49. The van der Waals surface area contributed by atoms with E-state index < -0.39 is 39.7 Å². The van der Waals surface area contributed by atoms with Gasteiger partial charge in [-0.15, -0.1) is 11.3 Å². The largest absolute Gasteiger partial charge is 0.390 e. The van der Waals surface area contributed by atoms with Crippen molar-refractivity contribution in [3.8, 4) is 0 Å². The van der Waals surface area contributed by atoms with Gasteiger partial charge in [0.2, 0.25) is 15.9 Å². The molecule has 0 aliphatic heterocycles. The third-order valence-corrected chi connectivity index (χ3v) is 9.83. The average molecular weight is 617 g/mol. The number of carbonyl (C=O) groups excluding carboxylic acids is 1. The predicted molar refractivity (Wildman–Crippen MR) is 160 cm³/mol. The Morgan fingerprint density at radius 3 is 2.34 bits per heavy atom. The number of aliphatic hydroxyl groups excluding tert-OH is 1. The Hall–Kier alpha value is -1.99. The van der Waals surface area contributed by atoms with Crippen LogP contribution in [0, 0.1) is 17.0 Å². The van der Waals surface area contributed by atoms with Gasteiger partial charge in [0, 0.05) is 56.2 Å². The smallest absolute Gasteiger partial charge is 0.221 e. The SMILES string of the molecule is CCCN(CCC)S(=O)(=O)CCC(=O)N[C@@H](Cc1cc(F)cc(F)c1)[C@H](O)CNCc1cnc(CC(C)(C)CC)s1. The monoisotopic (exact) mass is 616 g/mol. The Bertz CT molecular complexity index is 1180. The molecule has 0 radical (unpaired) electrons. The molecule has 8 nitrogen and oxygen atoms in total. The number of nitrogens with one attached hydrogen (secondary N) is 2. The third-order valence-electron chi connectivity index (χ3n) is 6.96. The Kier molecular flexibility index (Phi) is 14.3. The molecule has 12 heteroatoms. The van der Waals surface area contributed by atoms with E-state index in [0.29, 0.717) is 32.5 Å². The number of hydrogen-bond donors (Lipinski definition) is 3. The summed E-state index contributed by atoms with van der Waals surface area (Å²) in [5.74, 6) is -2.45. The van der Waals surface area contributed by atoms with Crippen molar-refractivity contribution < 1.29 is 27.1 Å². The number of carbonyl (C=O) groups is 1. The molecule has 0 aliphatic rings. The lowest BCUT2D eigenvalue weighted by atomic mass is 9.87. The average Bonchev–Trinajstić information content (AvgIpc) is 3.32. The Morgan fingerprint density at radius 1 is 1.12 bits per heavy atom. The molecule has 0 bridgehead atoms. The summed E-state index contributed by atoms with van der Waals surface area (Å²) < 4.78 is 54.6. The van der Waals surface area contributed by atoms with E-state index in [9.17, 15) is 27.1 Å². The lowest BCUT2D eigenvalue weighted by Gasteiger charge is -2.25. The number of amides is 1. The molecule has 1 amide bonds. The molecule has 0 fully saturated rings. The molecular weight excluding hydrogens is 570 g/mol. The summed E-state index contributed by atoms with van der Waals surface area (Å²) in [7, 11) is -3.63. The minimum absolute atomic E-state index is 0.0371. The summed E-state index contributed by atoms with van der Waals surface area (Å²) in [4.78, 5) is 18.3. The number of nitrogens with zero attached hydrogens (tertiary/aromatic N) is 2. The molecule has 2 aromatic rings. The maximum atomic E-state index is 13.8. The normalized spacial score (nSPS) is 13.9. The number of aliphatic hydroxyl groups is 1. The third kappa shape index (κ3) is 12.4. The van der Waals surface area contributed by atoms with E-state index in [2.05, 4.69) is 36.4 Å². The number of hydrogen-bond acceptors (Lipinski definition) is 7. The van der Waals surface area contributed by atoms with Crippen LogP contribution in [0.15, 0.2) is 24.4 Å². The zero-order valence-corrected chi connectivity index (χ0v) is 26.5. The summed E-state index contributed by atoms with van der Waals surface area (Å²) in [6, 6.07) is 2.15. The van der Waals surface area contributed by atoms with Gasteiger partial charge in [-0.1, -0.05) is 41.0 Å². The molecule has 1 aromatic heterocycles. The van der Waals surface area contributed by atoms with Crippen LogP contribution in [0.5, 0.6) is 0 Å². The molecule has 1 aromatic carbocycles. The molecule has 1 heterocycles. The number of halogens is 2. The van der Waals surface area contributed by atoms with Crippen LogP contribution in [0.1, 0.15) is 75.8 Å². The maximum Gasteiger partial charge on any atom is 0.221 e. The molecule has 2 rings (SSSR count). The molecule has 0 unspecified atom stereocenters. The van der Waals surface area contributed by atoms with Crippen LogP contribution in [0.25, 0.3) is 0 Å². The van der Waals surface area contributed by atoms with Gasteiger partial charge < -0.3 is 15.7 Å². The number of rotatable bonds is 19. The van der Waals surface area contributed by atoms with Gasteiger partial charge in [0.05, 0.1) is 22.9 Å². The lowest BCUT2D eigenvalue weighted by molar-refractivity contribution is -0.122. The van der Waals surface area contributed by atoms with Gasteiger partial charge in [-0.25, -0.2) is 26.5 Å². The fraction of sp³-hybridized carbons (Fsp3) is 0.655. The van der Waals surface area contributed by atoms with Crippen molar-refractivity contribution in [2.75, 3.05) is 25.4 Å². The minimum Gasteiger partial charge on any atom is -0.390 e. The van der Waals surface area contributed by atoms with Crippen LogP contribution in [0.3, 0.4) is 0 Å². The van der Waals surface area contributed by atoms with Crippen molar-refractivity contribution in [2.24, 2.45) is 5.41 Å². The first-order valence-electron chi connectivity index (χ1n) is 14.3. The van der Waals surface area contributed by atoms with Crippen molar-refractivity contribution in [1.82, 2.24) is 19.9 Å². The molecule has 41 heavy (non-hydrogen) atoms. The summed E-state index contributed by atoms with van der Waals surface area (Å²) in [5, 5.41) is 17.9. The summed E-state index contributed by atoms with van der Waals surface area (Å²) in [6.45, 7) is 11.6.